The maximum Gasteiger partial charge on any atom is 0.0224 e. The average Bonchev–Trinajstić information content (AvgIpc) is 2.08. The van der Waals surface area contributed by atoms with E-state index in [2.05, 4.69) is 37.9 Å². The molecule has 2 atom stereocenters. The summed E-state index contributed by atoms with van der Waals surface area (Å²) < 4.78 is 0. The summed E-state index contributed by atoms with van der Waals surface area (Å²) >= 11 is 0. The van der Waals surface area contributed by atoms with Crippen molar-refractivity contribution >= 4 is 0 Å². The Morgan fingerprint density at radius 2 is 2.15 bits per heavy atom. The van der Waals surface area contributed by atoms with Gasteiger partial charge in [0.15, 0.2) is 0 Å². The fourth-order valence-corrected chi connectivity index (χ4v) is 2.22. The van der Waals surface area contributed by atoms with Gasteiger partial charge >= 0.3 is 0 Å². The van der Waals surface area contributed by atoms with Crippen LogP contribution in [0.5, 0.6) is 0 Å². The van der Waals surface area contributed by atoms with E-state index < -0.39 is 0 Å². The van der Waals surface area contributed by atoms with Crippen molar-refractivity contribution in [3.63, 3.8) is 0 Å². The van der Waals surface area contributed by atoms with Gasteiger partial charge in [0.2, 0.25) is 0 Å². The first-order chi connectivity index (χ1) is 6.15. The van der Waals surface area contributed by atoms with Crippen molar-refractivity contribution < 1.29 is 0 Å². The number of rotatable bonds is 3. The fraction of sp³-hybridized carbons (Fsp3) is 1.00. The molecule has 1 N–H and O–H groups in total. The Morgan fingerprint density at radius 3 is 2.69 bits per heavy atom. The van der Waals surface area contributed by atoms with Gasteiger partial charge < -0.3 is 5.32 Å². The van der Waals surface area contributed by atoms with E-state index in [9.17, 15) is 0 Å². The standard InChI is InChI=1S/C11H24N2/c1-5-6-11-7-12-10(4)8-13(11)9(2)3/h9-12H,5-8H2,1-4H3. The molecule has 2 unspecified atom stereocenters. The van der Waals surface area contributed by atoms with Crippen molar-refractivity contribution in [2.45, 2.75) is 58.7 Å². The molecule has 1 heterocycles. The van der Waals surface area contributed by atoms with Gasteiger partial charge in [0.25, 0.3) is 0 Å². The first-order valence-electron chi connectivity index (χ1n) is 5.64. The van der Waals surface area contributed by atoms with Gasteiger partial charge in [-0.2, -0.15) is 0 Å². The van der Waals surface area contributed by atoms with Crippen LogP contribution in [0.25, 0.3) is 0 Å². The predicted molar refractivity (Wildman–Crippen MR) is 58.0 cm³/mol. The minimum absolute atomic E-state index is 0.663. The molecule has 0 amide bonds. The van der Waals surface area contributed by atoms with Gasteiger partial charge in [0.1, 0.15) is 0 Å². The summed E-state index contributed by atoms with van der Waals surface area (Å²) in [5, 5.41) is 3.56. The third-order valence-electron chi connectivity index (χ3n) is 2.94. The largest absolute Gasteiger partial charge is 0.311 e. The fourth-order valence-electron chi connectivity index (χ4n) is 2.22. The van der Waals surface area contributed by atoms with Gasteiger partial charge in [0.05, 0.1) is 0 Å². The van der Waals surface area contributed by atoms with Gasteiger partial charge in [-0.05, 0) is 27.2 Å². The Labute approximate surface area is 82.7 Å². The molecule has 2 heteroatoms. The van der Waals surface area contributed by atoms with Crippen LogP contribution in [0.1, 0.15) is 40.5 Å². The minimum Gasteiger partial charge on any atom is -0.311 e. The highest BCUT2D eigenvalue weighted by atomic mass is 15.2. The smallest absolute Gasteiger partial charge is 0.0224 e. The highest BCUT2D eigenvalue weighted by Gasteiger charge is 2.26. The molecule has 0 aromatic rings. The van der Waals surface area contributed by atoms with E-state index in [1.807, 2.05) is 0 Å². The van der Waals surface area contributed by atoms with Crippen LogP contribution in [-0.4, -0.2) is 36.1 Å². The molecule has 0 aliphatic carbocycles. The molecular weight excluding hydrogens is 160 g/mol. The van der Waals surface area contributed by atoms with Crippen molar-refractivity contribution in [3.8, 4) is 0 Å². The van der Waals surface area contributed by atoms with E-state index in [4.69, 9.17) is 0 Å². The van der Waals surface area contributed by atoms with E-state index in [-0.39, 0.29) is 0 Å². The van der Waals surface area contributed by atoms with Gasteiger partial charge in [-0.25, -0.2) is 0 Å². The normalized spacial score (nSPS) is 31.2. The van der Waals surface area contributed by atoms with Gasteiger partial charge in [0, 0.05) is 31.2 Å². The average molecular weight is 184 g/mol. The Hall–Kier alpha value is -0.0800. The topological polar surface area (TPSA) is 15.3 Å². The number of piperazine rings is 1. The summed E-state index contributed by atoms with van der Waals surface area (Å²) in [5.74, 6) is 0. The van der Waals surface area contributed by atoms with E-state index in [0.717, 1.165) is 6.04 Å². The zero-order chi connectivity index (χ0) is 9.84. The first-order valence-corrected chi connectivity index (χ1v) is 5.64. The van der Waals surface area contributed by atoms with Crippen LogP contribution in [0.15, 0.2) is 0 Å². The Bertz CT molecular complexity index is 145. The lowest BCUT2D eigenvalue weighted by Crippen LogP contribution is -2.57. The maximum atomic E-state index is 3.56. The molecule has 0 spiro atoms. The monoisotopic (exact) mass is 184 g/mol. The van der Waals surface area contributed by atoms with Crippen molar-refractivity contribution in [2.24, 2.45) is 0 Å². The summed E-state index contributed by atoms with van der Waals surface area (Å²) in [6.45, 7) is 11.5. The third kappa shape index (κ3) is 2.96. The molecule has 1 aliphatic heterocycles. The zero-order valence-electron chi connectivity index (χ0n) is 9.51. The molecule has 1 fully saturated rings. The summed E-state index contributed by atoms with van der Waals surface area (Å²) in [5.41, 5.74) is 0. The van der Waals surface area contributed by atoms with Gasteiger partial charge in [-0.15, -0.1) is 0 Å². The second-order valence-corrected chi connectivity index (χ2v) is 4.54. The Kier molecular flexibility index (Phi) is 4.20. The van der Waals surface area contributed by atoms with Crippen LogP contribution in [0.2, 0.25) is 0 Å². The lowest BCUT2D eigenvalue weighted by molar-refractivity contribution is 0.0951. The molecule has 0 saturated carbocycles. The molecule has 0 aromatic carbocycles. The van der Waals surface area contributed by atoms with Crippen LogP contribution < -0.4 is 5.32 Å². The van der Waals surface area contributed by atoms with Crippen molar-refractivity contribution in [2.75, 3.05) is 13.1 Å². The molecule has 1 saturated heterocycles. The Balaban J connectivity index is 2.50. The van der Waals surface area contributed by atoms with E-state index in [1.54, 1.807) is 0 Å². The predicted octanol–water partition coefficient (Wildman–Crippen LogP) is 1.86. The molecule has 78 valence electrons. The second-order valence-electron chi connectivity index (χ2n) is 4.54. The van der Waals surface area contributed by atoms with E-state index >= 15 is 0 Å². The molecule has 0 aromatic heterocycles. The summed E-state index contributed by atoms with van der Waals surface area (Å²) in [6, 6.07) is 2.12. The lowest BCUT2D eigenvalue weighted by Gasteiger charge is -2.42. The Morgan fingerprint density at radius 1 is 1.46 bits per heavy atom. The molecule has 0 bridgehead atoms. The SMILES string of the molecule is CCCC1CNC(C)CN1C(C)C. The molecule has 13 heavy (non-hydrogen) atoms. The molecular formula is C11H24N2. The highest BCUT2D eigenvalue weighted by Crippen LogP contribution is 2.15. The molecule has 2 nitrogen and oxygen atoms in total. The van der Waals surface area contributed by atoms with Crippen molar-refractivity contribution in [3.05, 3.63) is 0 Å². The lowest BCUT2D eigenvalue weighted by atomic mass is 10.0. The highest BCUT2D eigenvalue weighted by molar-refractivity contribution is 4.85. The minimum atomic E-state index is 0.663. The quantitative estimate of drug-likeness (QED) is 0.720. The molecule has 1 aliphatic rings. The third-order valence-corrected chi connectivity index (χ3v) is 2.94. The number of hydrogen-bond acceptors (Lipinski definition) is 2. The van der Waals surface area contributed by atoms with Crippen molar-refractivity contribution in [1.29, 1.82) is 0 Å². The van der Waals surface area contributed by atoms with E-state index in [0.29, 0.717) is 12.1 Å². The molecule has 0 radical (unpaired) electrons. The summed E-state index contributed by atoms with van der Waals surface area (Å²) in [7, 11) is 0. The van der Waals surface area contributed by atoms with Crippen LogP contribution >= 0.6 is 0 Å². The number of hydrogen-bond donors (Lipinski definition) is 1. The summed E-state index contributed by atoms with van der Waals surface area (Å²) in [4.78, 5) is 2.64. The second kappa shape index (κ2) is 4.97. The van der Waals surface area contributed by atoms with Crippen molar-refractivity contribution in [1.82, 2.24) is 10.2 Å². The maximum absolute atomic E-state index is 3.56. The van der Waals surface area contributed by atoms with Crippen LogP contribution in [-0.2, 0) is 0 Å². The summed E-state index contributed by atoms with van der Waals surface area (Å²) in [6.07, 6.45) is 2.63. The zero-order valence-corrected chi connectivity index (χ0v) is 9.51. The van der Waals surface area contributed by atoms with Crippen LogP contribution in [0.4, 0.5) is 0 Å². The number of nitrogens with one attached hydrogen (secondary N) is 1. The van der Waals surface area contributed by atoms with Gasteiger partial charge in [-0.3, -0.25) is 4.90 Å². The van der Waals surface area contributed by atoms with Crippen LogP contribution in [0.3, 0.4) is 0 Å². The first kappa shape index (κ1) is 11.0. The van der Waals surface area contributed by atoms with E-state index in [1.165, 1.54) is 25.9 Å². The van der Waals surface area contributed by atoms with Crippen LogP contribution in [0, 0.1) is 0 Å². The number of nitrogens with zero attached hydrogens (tertiary/aromatic N) is 1. The molecule has 1 rings (SSSR count). The van der Waals surface area contributed by atoms with Gasteiger partial charge in [-0.1, -0.05) is 13.3 Å².